The smallest absolute Gasteiger partial charge is 0.188 e. The number of carbonyl (C=O) groups is 3. The maximum Gasteiger partial charge on any atom is 0.188 e. The zero-order chi connectivity index (χ0) is 102. The number of hydrogen-bond acceptors (Lipinski definition) is 47. The number of halogens is 3. The molecule has 0 aromatic heterocycles. The highest BCUT2D eigenvalue weighted by Gasteiger charge is 2.58. The van der Waals surface area contributed by atoms with Crippen molar-refractivity contribution < 1.29 is 161 Å². The number of nitrogens with zero attached hydrogens (tertiary/aromatic N) is 3. The summed E-state index contributed by atoms with van der Waals surface area (Å²) in [5.74, 6) is -4.69. The Morgan fingerprint density at radius 3 is 0.935 bits per heavy atom. The second kappa shape index (κ2) is 55.5. The Morgan fingerprint density at radius 2 is 0.667 bits per heavy atom. The number of ether oxygens (including phenoxy) is 12. The molecule has 3 saturated carbocycles. The van der Waals surface area contributed by atoms with Gasteiger partial charge in [-0.3, -0.25) is 24.4 Å². The third-order valence-corrected chi connectivity index (χ3v) is 27.3. The van der Waals surface area contributed by atoms with Crippen molar-refractivity contribution in [3.05, 3.63) is 0 Å². The fourth-order valence-electron chi connectivity index (χ4n) is 19.3. The molecule has 47 atom stereocenters. The van der Waals surface area contributed by atoms with E-state index in [4.69, 9.17) is 149 Å². The lowest BCUT2D eigenvalue weighted by Crippen LogP contribution is -2.67. The number of rotatable bonds is 40. The van der Waals surface area contributed by atoms with Gasteiger partial charge in [-0.2, -0.15) is 0 Å². The average molecular weight is 2000 g/mol. The Kier molecular flexibility index (Phi) is 46.9. The predicted molar refractivity (Wildman–Crippen MR) is 481 cm³/mol. The molecule has 11 aliphatic rings. The van der Waals surface area contributed by atoms with Crippen molar-refractivity contribution in [1.82, 2.24) is 21.3 Å². The van der Waals surface area contributed by atoms with Crippen LogP contribution in [0.4, 0.5) is 13.2 Å². The van der Waals surface area contributed by atoms with Crippen LogP contribution in [-0.4, -0.2) is 467 Å². The Labute approximate surface area is 796 Å². The molecule has 138 heavy (non-hydrogen) atoms. The molecule has 0 aromatic carbocycles. The zero-order valence-electron chi connectivity index (χ0n) is 77.2. The first-order valence-electron chi connectivity index (χ1n) is 47.3. The first kappa shape index (κ1) is 117. The standard InChI is InChI=1S/2C29H55FN8O10.C24H46FN7O10/c2*30-21-25(47-28-24(44)22(23(43)20(11-39)46-28)38-29(35)37-10-12-2-4-36-9-12)13(6-17(41)16(40)1-3-31)5-14(33)26(21)48-27-15(34)7-18(42)19(8-32)45-27;25-16-20(41-23-19(38)17(32-24(30)31)18(37)15(7-33)40-23)8(4-12(35)11(34)1-2-26)3-9(28)21(16)42-22-10(29)5-13(36)14(6-27)39-22/h2*12-16,18-28,36,39-40,42-44H,1-11,31-34H2,(H3,35,37,38);8-11,13-23,33-34,36-38H,1-7,26-29H2,(H4,30,31,32)/t12-,13+,14?,15?,16+,18+,19?,20-,21-,22?,23-,24-,25?,26-,27-,28?;12-,13-,14?,15?,16-,18-,19?,20+,21+,22?,23+,24+,25?,26+,27+,28?;8-,9?,10?,11-,13-,14?,15+,16+,17?,18+,19+,20?,21+,22+,23?/m100/s1. The minimum absolute atomic E-state index is 0.00685. The van der Waals surface area contributed by atoms with E-state index in [1.54, 1.807) is 0 Å². The molecular formula is C82H156F3N23O30. The number of Topliss-reactive ketones (excluding diaryl/α,β-unsaturated/α-hetero) is 3. The maximum absolute atomic E-state index is 16.7. The van der Waals surface area contributed by atoms with E-state index in [-0.39, 0.29) is 140 Å². The van der Waals surface area contributed by atoms with E-state index in [0.717, 1.165) is 39.0 Å². The molecule has 11 rings (SSSR count). The average Bonchev–Trinajstić information content (AvgIpc) is 1.76. The number of nitrogens with two attached hydrogens (primary N) is 16. The van der Waals surface area contributed by atoms with Crippen LogP contribution in [0.3, 0.4) is 0 Å². The molecule has 8 aliphatic heterocycles. The molecule has 53 nitrogen and oxygen atoms in total. The first-order valence-corrected chi connectivity index (χ1v) is 47.3. The van der Waals surface area contributed by atoms with Crippen molar-refractivity contribution in [2.75, 3.05) is 98.4 Å². The first-order chi connectivity index (χ1) is 65.6. The van der Waals surface area contributed by atoms with E-state index in [0.29, 0.717) is 13.1 Å². The lowest BCUT2D eigenvalue weighted by molar-refractivity contribution is -0.315. The number of aliphatic hydroxyl groups is 15. The van der Waals surface area contributed by atoms with Gasteiger partial charge in [-0.05, 0) is 146 Å². The predicted octanol–water partition coefficient (Wildman–Crippen LogP) is -17.7. The molecule has 18 unspecified atom stereocenters. The Balaban J connectivity index is 0.000000232. The van der Waals surface area contributed by atoms with Gasteiger partial charge >= 0.3 is 0 Å². The van der Waals surface area contributed by atoms with Gasteiger partial charge < -0.3 is 246 Å². The number of alkyl halides is 3. The molecule has 0 spiro atoms. The monoisotopic (exact) mass is 2000 g/mol. The van der Waals surface area contributed by atoms with E-state index >= 15 is 13.2 Å². The Bertz CT molecular complexity index is 3570. The zero-order valence-corrected chi connectivity index (χ0v) is 77.2. The van der Waals surface area contributed by atoms with Gasteiger partial charge in [-0.1, -0.05) is 0 Å². The molecule has 3 aliphatic carbocycles. The minimum atomic E-state index is -2.06. The highest BCUT2D eigenvalue weighted by atomic mass is 19.1. The van der Waals surface area contributed by atoms with Gasteiger partial charge in [0, 0.05) is 70.1 Å². The summed E-state index contributed by atoms with van der Waals surface area (Å²) in [6.07, 6.45) is -45.3. The Morgan fingerprint density at radius 1 is 0.384 bits per heavy atom. The van der Waals surface area contributed by atoms with Crippen LogP contribution in [0.1, 0.15) is 89.9 Å². The van der Waals surface area contributed by atoms with Crippen LogP contribution in [0.5, 0.6) is 0 Å². The number of hydrogen-bond donors (Lipinski definition) is 35. The molecule has 0 aromatic rings. The normalized spacial score (nSPS) is 43.3. The lowest BCUT2D eigenvalue weighted by Gasteiger charge is -2.48. The fourth-order valence-corrected chi connectivity index (χ4v) is 19.3. The second-order valence-corrected chi connectivity index (χ2v) is 37.6. The second-order valence-electron chi connectivity index (χ2n) is 37.6. The number of guanidine groups is 3. The molecule has 56 heteroatoms. The Hall–Kier alpha value is -5.03. The summed E-state index contributed by atoms with van der Waals surface area (Å²) in [5.41, 5.74) is 94.0. The van der Waals surface area contributed by atoms with Crippen LogP contribution in [0.15, 0.2) is 15.0 Å². The number of aliphatic imine (C=N–C) groups is 3. The van der Waals surface area contributed by atoms with Gasteiger partial charge in [-0.15, -0.1) is 0 Å². The third kappa shape index (κ3) is 30.8. The van der Waals surface area contributed by atoms with Gasteiger partial charge in [0.15, 0.2) is 91.5 Å². The molecule has 8 saturated heterocycles. The van der Waals surface area contributed by atoms with Crippen LogP contribution in [-0.2, 0) is 71.2 Å². The van der Waals surface area contributed by atoms with E-state index < -0.39 is 318 Å². The number of nitrogens with one attached hydrogen (secondary N) is 4. The largest absolute Gasteiger partial charge is 0.394 e. The fraction of sp³-hybridized carbons (Fsp3) is 0.927. The number of carbonyl (C=O) groups excluding carboxylic acids is 3. The molecular weight excluding hydrogens is 1840 g/mol. The molecule has 8 heterocycles. The van der Waals surface area contributed by atoms with Crippen LogP contribution in [0.2, 0.25) is 0 Å². The summed E-state index contributed by atoms with van der Waals surface area (Å²) in [5, 5.41) is 169. The third-order valence-electron chi connectivity index (χ3n) is 27.3. The summed E-state index contributed by atoms with van der Waals surface area (Å²) in [7, 11) is 0. The topological polar surface area (TPSA) is 967 Å². The van der Waals surface area contributed by atoms with Crippen LogP contribution >= 0.6 is 0 Å². The summed E-state index contributed by atoms with van der Waals surface area (Å²) in [4.78, 5) is 51.0. The van der Waals surface area contributed by atoms with Crippen molar-refractivity contribution in [2.45, 2.75) is 347 Å². The van der Waals surface area contributed by atoms with Crippen molar-refractivity contribution in [2.24, 2.45) is 136 Å². The maximum atomic E-state index is 16.7. The SMILES string of the molecule is NCC[C@H](O)C(=O)C[C@@H]1CC(N)[C@@H](O[C@H]2OC(CN)[C@@H](O)CC2N)[C@H](F)C1OC1O[C@H](CO)[C@@H](O)C(N=C(N)N)[C@H]1O.NCC[C@H](O)C(=O)C[C@@H]1CC(N)[C@@H](O[C@H]2OC(CN)[C@@H](O)CC2N)[C@H](F)C1OC1O[C@H](CO)[C@@H](O)C(NC(N)=NC[C@@H]2CCNC2)[C@H]1O.NCC[C@H](O)C(=O)C[C@@H]1CC(N)[C@@H](O[C@H]2OC(CN)[C@@H](O)CC2N)[C@H](F)C1OC1O[C@H](CO)[C@@H](O)C(NC(N)=NC[C@H]2CCNC2)[C@H]1O. The molecule has 0 amide bonds. The van der Waals surface area contributed by atoms with Crippen LogP contribution in [0.25, 0.3) is 0 Å². The van der Waals surface area contributed by atoms with Crippen molar-refractivity contribution in [3.8, 4) is 0 Å². The molecule has 800 valence electrons. The molecule has 0 bridgehead atoms. The van der Waals surface area contributed by atoms with Gasteiger partial charge in [-0.25, -0.2) is 18.2 Å². The lowest BCUT2D eigenvalue weighted by atomic mass is 9.77. The summed E-state index contributed by atoms with van der Waals surface area (Å²) in [6.45, 7) is 2.02. The van der Waals surface area contributed by atoms with E-state index in [1.165, 1.54) is 0 Å². The highest BCUT2D eigenvalue weighted by Crippen LogP contribution is 2.43. The number of aliphatic hydroxyl groups excluding tert-OH is 15. The quantitative estimate of drug-likeness (QED) is 0.0200. The van der Waals surface area contributed by atoms with Crippen LogP contribution in [0, 0.1) is 29.6 Å². The van der Waals surface area contributed by atoms with Crippen molar-refractivity contribution in [3.63, 3.8) is 0 Å². The van der Waals surface area contributed by atoms with E-state index in [9.17, 15) is 91.0 Å². The molecule has 0 radical (unpaired) electrons. The summed E-state index contributed by atoms with van der Waals surface area (Å²) >= 11 is 0. The van der Waals surface area contributed by atoms with Crippen molar-refractivity contribution >= 4 is 35.2 Å². The number of ketones is 3. The van der Waals surface area contributed by atoms with Gasteiger partial charge in [0.2, 0.25) is 0 Å². The molecule has 51 N–H and O–H groups in total. The van der Waals surface area contributed by atoms with Gasteiger partial charge in [0.1, 0.15) is 97.6 Å². The van der Waals surface area contributed by atoms with Crippen molar-refractivity contribution in [1.29, 1.82) is 0 Å². The molecule has 11 fully saturated rings. The van der Waals surface area contributed by atoms with Crippen LogP contribution < -0.4 is 113 Å². The summed E-state index contributed by atoms with van der Waals surface area (Å²) < 4.78 is 120. The van der Waals surface area contributed by atoms with Gasteiger partial charge in [0.05, 0.1) is 105 Å². The highest BCUT2D eigenvalue weighted by molar-refractivity contribution is 5.84. The van der Waals surface area contributed by atoms with Gasteiger partial charge in [0.25, 0.3) is 0 Å². The minimum Gasteiger partial charge on any atom is -0.394 e. The van der Waals surface area contributed by atoms with E-state index in [1.807, 2.05) is 0 Å². The summed E-state index contributed by atoms with van der Waals surface area (Å²) in [6, 6.07) is -9.41. The van der Waals surface area contributed by atoms with E-state index in [2.05, 4.69) is 36.2 Å².